The Balaban J connectivity index is 2.19. The van der Waals surface area contributed by atoms with Crippen LogP contribution in [0.1, 0.15) is 0 Å². The molecule has 74 valence electrons. The van der Waals surface area contributed by atoms with Gasteiger partial charge in [-0.2, -0.15) is 4.57 Å². The Hall–Kier alpha value is -2.03. The maximum Gasteiger partial charge on any atom is 0.249 e. The van der Waals surface area contributed by atoms with E-state index in [-0.39, 0.29) is 0 Å². The standard InChI is InChI=1S/C12H12N3/c1-14-6-7-15(9-14)12-8-10-4-2-3-5-11(10)13-12/h2-9,13H,1H3/q+1. The van der Waals surface area contributed by atoms with Crippen molar-refractivity contribution in [1.29, 1.82) is 0 Å². The first-order valence-electron chi connectivity index (χ1n) is 4.94. The van der Waals surface area contributed by atoms with Crippen LogP contribution in [-0.4, -0.2) is 9.55 Å². The number of aromatic amines is 1. The number of para-hydroxylation sites is 1. The van der Waals surface area contributed by atoms with E-state index < -0.39 is 0 Å². The zero-order valence-electron chi connectivity index (χ0n) is 8.51. The molecule has 1 N–H and O–H groups in total. The van der Waals surface area contributed by atoms with Gasteiger partial charge >= 0.3 is 0 Å². The third-order valence-corrected chi connectivity index (χ3v) is 2.56. The summed E-state index contributed by atoms with van der Waals surface area (Å²) in [6, 6.07) is 10.4. The second kappa shape index (κ2) is 2.98. The lowest BCUT2D eigenvalue weighted by Crippen LogP contribution is -2.23. The third kappa shape index (κ3) is 1.32. The highest BCUT2D eigenvalue weighted by Gasteiger charge is 2.07. The fourth-order valence-electron chi connectivity index (χ4n) is 1.79. The van der Waals surface area contributed by atoms with E-state index in [9.17, 15) is 0 Å². The van der Waals surface area contributed by atoms with Crippen molar-refractivity contribution in [2.24, 2.45) is 7.05 Å². The number of hydrogen-bond donors (Lipinski definition) is 1. The number of imidazole rings is 1. The number of nitrogens with zero attached hydrogens (tertiary/aromatic N) is 2. The molecule has 0 fully saturated rings. The summed E-state index contributed by atoms with van der Waals surface area (Å²) in [5.41, 5.74) is 1.17. The molecule has 0 aliphatic rings. The molecule has 2 aromatic heterocycles. The van der Waals surface area contributed by atoms with Crippen molar-refractivity contribution in [3.8, 4) is 5.82 Å². The number of rotatable bonds is 1. The number of hydrogen-bond acceptors (Lipinski definition) is 0. The van der Waals surface area contributed by atoms with Gasteiger partial charge in [-0.15, -0.1) is 0 Å². The molecule has 0 aliphatic carbocycles. The zero-order valence-corrected chi connectivity index (χ0v) is 8.51. The maximum absolute atomic E-state index is 3.37. The normalized spacial score (nSPS) is 11.0. The summed E-state index contributed by atoms with van der Waals surface area (Å²) in [6.45, 7) is 0. The fraction of sp³-hybridized carbons (Fsp3) is 0.0833. The summed E-state index contributed by atoms with van der Waals surface area (Å²) >= 11 is 0. The number of benzene rings is 1. The van der Waals surface area contributed by atoms with Gasteiger partial charge in [-0.25, -0.2) is 4.57 Å². The van der Waals surface area contributed by atoms with E-state index in [1.165, 1.54) is 10.9 Å². The van der Waals surface area contributed by atoms with Crippen LogP contribution in [0.3, 0.4) is 0 Å². The number of aromatic nitrogens is 3. The van der Waals surface area contributed by atoms with E-state index >= 15 is 0 Å². The average molecular weight is 198 g/mol. The van der Waals surface area contributed by atoms with Crippen LogP contribution in [-0.2, 0) is 7.05 Å². The quantitative estimate of drug-likeness (QED) is 0.577. The lowest BCUT2D eigenvalue weighted by atomic mass is 10.2. The molecule has 3 aromatic rings. The maximum atomic E-state index is 3.37. The van der Waals surface area contributed by atoms with Crippen LogP contribution in [0.2, 0.25) is 0 Å². The smallest absolute Gasteiger partial charge is 0.249 e. The predicted octanol–water partition coefficient (Wildman–Crippen LogP) is 1.78. The molecule has 0 bridgehead atoms. The molecule has 3 rings (SSSR count). The highest BCUT2D eigenvalue weighted by atomic mass is 15.1. The lowest BCUT2D eigenvalue weighted by molar-refractivity contribution is -0.670. The summed E-state index contributed by atoms with van der Waals surface area (Å²) in [5.74, 6) is 1.09. The molecule has 3 heteroatoms. The molecule has 3 nitrogen and oxygen atoms in total. The number of H-pyrrole nitrogens is 1. The van der Waals surface area contributed by atoms with E-state index in [2.05, 4.69) is 33.8 Å². The Morgan fingerprint density at radius 3 is 2.87 bits per heavy atom. The first kappa shape index (κ1) is 8.29. The predicted molar refractivity (Wildman–Crippen MR) is 58.8 cm³/mol. The minimum atomic E-state index is 1.09. The largest absolute Gasteiger partial charge is 0.322 e. The molecule has 0 radical (unpaired) electrons. The Bertz CT molecular complexity index is 571. The van der Waals surface area contributed by atoms with Crippen LogP contribution >= 0.6 is 0 Å². The van der Waals surface area contributed by atoms with Crippen molar-refractivity contribution in [3.63, 3.8) is 0 Å². The monoisotopic (exact) mass is 198 g/mol. The van der Waals surface area contributed by atoms with E-state index in [1.54, 1.807) is 0 Å². The van der Waals surface area contributed by atoms with Gasteiger partial charge in [0.1, 0.15) is 12.4 Å². The fourth-order valence-corrected chi connectivity index (χ4v) is 1.79. The summed E-state index contributed by atoms with van der Waals surface area (Å²) in [5, 5.41) is 1.24. The number of aryl methyl sites for hydroxylation is 1. The van der Waals surface area contributed by atoms with Crippen molar-refractivity contribution in [2.45, 2.75) is 0 Å². The molecular weight excluding hydrogens is 186 g/mol. The van der Waals surface area contributed by atoms with Gasteiger partial charge in [-0.05, 0) is 6.07 Å². The second-order valence-corrected chi connectivity index (χ2v) is 3.73. The SMILES string of the molecule is C[n+]1ccn(-c2cc3ccccc3[nH]2)c1. The summed E-state index contributed by atoms with van der Waals surface area (Å²) in [6.07, 6.45) is 6.08. The molecule has 0 saturated carbocycles. The van der Waals surface area contributed by atoms with Crippen LogP contribution in [0.5, 0.6) is 0 Å². The number of fused-ring (bicyclic) bond motifs is 1. The second-order valence-electron chi connectivity index (χ2n) is 3.73. The molecule has 2 heterocycles. The van der Waals surface area contributed by atoms with Gasteiger partial charge in [0, 0.05) is 17.0 Å². The van der Waals surface area contributed by atoms with E-state index in [0.29, 0.717) is 0 Å². The van der Waals surface area contributed by atoms with Crippen molar-refractivity contribution in [2.75, 3.05) is 0 Å². The van der Waals surface area contributed by atoms with Crippen LogP contribution < -0.4 is 4.57 Å². The summed E-state index contributed by atoms with van der Waals surface area (Å²) in [7, 11) is 2.01. The summed E-state index contributed by atoms with van der Waals surface area (Å²) in [4.78, 5) is 3.37. The minimum Gasteiger partial charge on any atom is -0.322 e. The molecule has 0 saturated heterocycles. The first-order valence-corrected chi connectivity index (χ1v) is 4.94. The van der Waals surface area contributed by atoms with Gasteiger partial charge in [0.15, 0.2) is 0 Å². The van der Waals surface area contributed by atoms with Gasteiger partial charge < -0.3 is 4.98 Å². The third-order valence-electron chi connectivity index (χ3n) is 2.56. The van der Waals surface area contributed by atoms with E-state index in [0.717, 1.165) is 5.82 Å². The molecule has 0 amide bonds. The van der Waals surface area contributed by atoms with Crippen molar-refractivity contribution < 1.29 is 4.57 Å². The van der Waals surface area contributed by atoms with Crippen molar-refractivity contribution in [1.82, 2.24) is 9.55 Å². The van der Waals surface area contributed by atoms with Crippen LogP contribution in [0.25, 0.3) is 16.7 Å². The Labute approximate surface area is 87.6 Å². The van der Waals surface area contributed by atoms with Gasteiger partial charge in [0.2, 0.25) is 12.1 Å². The van der Waals surface area contributed by atoms with Crippen molar-refractivity contribution in [3.05, 3.63) is 49.1 Å². The lowest BCUT2D eigenvalue weighted by Gasteiger charge is -1.87. The van der Waals surface area contributed by atoms with E-state index in [1.807, 2.05) is 36.4 Å². The Morgan fingerprint density at radius 2 is 2.13 bits per heavy atom. The highest BCUT2D eigenvalue weighted by molar-refractivity contribution is 5.81. The van der Waals surface area contributed by atoms with Crippen LogP contribution in [0.4, 0.5) is 0 Å². The van der Waals surface area contributed by atoms with Crippen LogP contribution in [0.15, 0.2) is 49.1 Å². The van der Waals surface area contributed by atoms with Gasteiger partial charge in [0.05, 0.1) is 7.05 Å². The molecule has 0 unspecified atom stereocenters. The molecule has 1 aromatic carbocycles. The van der Waals surface area contributed by atoms with Gasteiger partial charge in [-0.1, -0.05) is 18.2 Å². The number of nitrogens with one attached hydrogen (secondary N) is 1. The molecular formula is C12H12N3+. The van der Waals surface area contributed by atoms with Gasteiger partial charge in [-0.3, -0.25) is 0 Å². The first-order chi connectivity index (χ1) is 7.33. The Kier molecular flexibility index (Phi) is 1.65. The van der Waals surface area contributed by atoms with Crippen molar-refractivity contribution >= 4 is 10.9 Å². The van der Waals surface area contributed by atoms with E-state index in [4.69, 9.17) is 0 Å². The molecule has 15 heavy (non-hydrogen) atoms. The topological polar surface area (TPSA) is 24.6 Å². The molecule has 0 atom stereocenters. The highest BCUT2D eigenvalue weighted by Crippen LogP contribution is 2.16. The summed E-state index contributed by atoms with van der Waals surface area (Å²) < 4.78 is 4.09. The van der Waals surface area contributed by atoms with Gasteiger partial charge in [0.25, 0.3) is 0 Å². The average Bonchev–Trinajstić information content (AvgIpc) is 2.82. The van der Waals surface area contributed by atoms with Crippen LogP contribution in [0, 0.1) is 0 Å². The molecule has 0 spiro atoms. The Morgan fingerprint density at radius 1 is 1.27 bits per heavy atom. The minimum absolute atomic E-state index is 1.09. The molecule has 0 aliphatic heterocycles. The zero-order chi connectivity index (χ0) is 10.3.